The summed E-state index contributed by atoms with van der Waals surface area (Å²) in [7, 11) is 2.25. The molecule has 0 aliphatic carbocycles. The van der Waals surface area contributed by atoms with E-state index in [4.69, 9.17) is 0 Å². The molecular weight excluding hydrogens is 234 g/mol. The minimum Gasteiger partial charge on any atom is -0.361 e. The highest BCUT2D eigenvalue weighted by molar-refractivity contribution is 5.82. The molecule has 0 amide bonds. The smallest absolute Gasteiger partial charge is 0.0499 e. The van der Waals surface area contributed by atoms with Crippen molar-refractivity contribution in [1.29, 1.82) is 0 Å². The molecular formula is C16H21N3. The Labute approximate surface area is 114 Å². The third kappa shape index (κ3) is 1.97. The number of para-hydroxylation sites is 1. The molecule has 0 unspecified atom stereocenters. The van der Waals surface area contributed by atoms with E-state index in [0.717, 1.165) is 18.4 Å². The lowest BCUT2D eigenvalue weighted by molar-refractivity contribution is 0.273. The average Bonchev–Trinajstić information content (AvgIpc) is 3.03. The van der Waals surface area contributed by atoms with Crippen LogP contribution in [0, 0.1) is 11.8 Å². The molecule has 19 heavy (non-hydrogen) atoms. The first-order chi connectivity index (χ1) is 9.29. The number of hydrogen-bond donors (Lipinski definition) is 1. The summed E-state index contributed by atoms with van der Waals surface area (Å²) in [5, 5.41) is 1.33. The molecule has 0 saturated carbocycles. The zero-order chi connectivity index (χ0) is 12.8. The quantitative estimate of drug-likeness (QED) is 0.888. The molecule has 4 rings (SSSR count). The second-order valence-electron chi connectivity index (χ2n) is 6.29. The van der Waals surface area contributed by atoms with Gasteiger partial charge in [0.15, 0.2) is 0 Å². The SMILES string of the molecule is CN1C[C@@H]2CN(Cc3cccc4cc[nH]c34)C[C@@H]2C1. The average molecular weight is 255 g/mol. The fourth-order valence-corrected chi connectivity index (χ4v) is 3.98. The van der Waals surface area contributed by atoms with Crippen molar-refractivity contribution >= 4 is 10.9 Å². The van der Waals surface area contributed by atoms with E-state index in [1.807, 2.05) is 6.20 Å². The van der Waals surface area contributed by atoms with Crippen LogP contribution in [-0.2, 0) is 6.54 Å². The van der Waals surface area contributed by atoms with Gasteiger partial charge in [0.05, 0.1) is 0 Å². The molecule has 0 radical (unpaired) electrons. The zero-order valence-corrected chi connectivity index (χ0v) is 11.5. The van der Waals surface area contributed by atoms with Gasteiger partial charge in [0, 0.05) is 44.4 Å². The van der Waals surface area contributed by atoms with Crippen LogP contribution in [0.15, 0.2) is 30.5 Å². The molecule has 0 spiro atoms. The second-order valence-corrected chi connectivity index (χ2v) is 6.29. The summed E-state index contributed by atoms with van der Waals surface area (Å²) >= 11 is 0. The lowest BCUT2D eigenvalue weighted by Crippen LogP contribution is -2.26. The van der Waals surface area contributed by atoms with Crippen LogP contribution >= 0.6 is 0 Å². The molecule has 1 N–H and O–H groups in total. The van der Waals surface area contributed by atoms with Crippen LogP contribution in [-0.4, -0.2) is 48.0 Å². The summed E-state index contributed by atoms with van der Waals surface area (Å²) in [5.74, 6) is 1.79. The molecule has 1 aromatic heterocycles. The molecule has 0 bridgehead atoms. The maximum Gasteiger partial charge on any atom is 0.0499 e. The maximum atomic E-state index is 3.38. The zero-order valence-electron chi connectivity index (χ0n) is 11.5. The first-order valence-electron chi connectivity index (χ1n) is 7.25. The first kappa shape index (κ1) is 11.5. The van der Waals surface area contributed by atoms with Gasteiger partial charge in [0.2, 0.25) is 0 Å². The van der Waals surface area contributed by atoms with E-state index in [0.29, 0.717) is 0 Å². The highest BCUT2D eigenvalue weighted by Crippen LogP contribution is 2.31. The molecule has 3 nitrogen and oxygen atoms in total. The van der Waals surface area contributed by atoms with Crippen LogP contribution in [0.5, 0.6) is 0 Å². The van der Waals surface area contributed by atoms with Crippen molar-refractivity contribution in [2.45, 2.75) is 6.54 Å². The number of benzene rings is 1. The molecule has 2 aliphatic rings. The Kier molecular flexibility index (Phi) is 2.64. The lowest BCUT2D eigenvalue weighted by Gasteiger charge is -2.19. The maximum absolute atomic E-state index is 3.38. The third-order valence-corrected chi connectivity index (χ3v) is 4.81. The Bertz CT molecular complexity index is 574. The van der Waals surface area contributed by atoms with E-state index >= 15 is 0 Å². The minimum atomic E-state index is 0.896. The predicted molar refractivity (Wildman–Crippen MR) is 78.1 cm³/mol. The van der Waals surface area contributed by atoms with Gasteiger partial charge < -0.3 is 9.88 Å². The number of nitrogens with zero attached hydrogens (tertiary/aromatic N) is 2. The summed E-state index contributed by atoms with van der Waals surface area (Å²) in [6, 6.07) is 8.78. The van der Waals surface area contributed by atoms with E-state index in [-0.39, 0.29) is 0 Å². The van der Waals surface area contributed by atoms with Crippen LogP contribution < -0.4 is 0 Å². The van der Waals surface area contributed by atoms with Crippen LogP contribution in [0.25, 0.3) is 10.9 Å². The Morgan fingerprint density at radius 3 is 2.68 bits per heavy atom. The molecule has 2 atom stereocenters. The number of nitrogens with one attached hydrogen (secondary N) is 1. The van der Waals surface area contributed by atoms with Gasteiger partial charge in [-0.25, -0.2) is 0 Å². The van der Waals surface area contributed by atoms with Crippen LogP contribution in [0.4, 0.5) is 0 Å². The molecule has 2 saturated heterocycles. The number of likely N-dealkylation sites (tertiary alicyclic amines) is 2. The number of rotatable bonds is 2. The van der Waals surface area contributed by atoms with Crippen molar-refractivity contribution in [3.05, 3.63) is 36.0 Å². The van der Waals surface area contributed by atoms with Crippen LogP contribution in [0.3, 0.4) is 0 Å². The third-order valence-electron chi connectivity index (χ3n) is 4.81. The predicted octanol–water partition coefficient (Wildman–Crippen LogP) is 2.16. The molecule has 2 aromatic rings. The van der Waals surface area contributed by atoms with Gasteiger partial charge >= 0.3 is 0 Å². The number of hydrogen-bond acceptors (Lipinski definition) is 2. The van der Waals surface area contributed by atoms with Gasteiger partial charge in [0.1, 0.15) is 0 Å². The fraction of sp³-hybridized carbons (Fsp3) is 0.500. The number of H-pyrrole nitrogens is 1. The summed E-state index contributed by atoms with van der Waals surface area (Å²) < 4.78 is 0. The van der Waals surface area contributed by atoms with Gasteiger partial charge in [-0.15, -0.1) is 0 Å². The fourth-order valence-electron chi connectivity index (χ4n) is 3.98. The standard InChI is InChI=1S/C16H21N3/c1-18-7-14-10-19(11-15(14)8-18)9-13-4-2-3-12-5-6-17-16(12)13/h2-6,14-15,17H,7-11H2,1H3/t14-,15+. The molecule has 100 valence electrons. The highest BCUT2D eigenvalue weighted by atomic mass is 15.2. The molecule has 1 aromatic carbocycles. The topological polar surface area (TPSA) is 22.3 Å². The van der Waals surface area contributed by atoms with Gasteiger partial charge in [-0.2, -0.15) is 0 Å². The molecule has 3 heterocycles. The normalized spacial score (nSPS) is 28.3. The first-order valence-corrected chi connectivity index (χ1v) is 7.25. The Morgan fingerprint density at radius 2 is 1.89 bits per heavy atom. The Balaban J connectivity index is 1.52. The molecule has 2 fully saturated rings. The Morgan fingerprint density at radius 1 is 1.11 bits per heavy atom. The van der Waals surface area contributed by atoms with Crippen LogP contribution in [0.2, 0.25) is 0 Å². The molecule has 2 aliphatic heterocycles. The monoisotopic (exact) mass is 255 g/mol. The van der Waals surface area contributed by atoms with E-state index < -0.39 is 0 Å². The van der Waals surface area contributed by atoms with Gasteiger partial charge in [-0.05, 0) is 35.9 Å². The van der Waals surface area contributed by atoms with E-state index in [2.05, 4.69) is 46.1 Å². The van der Waals surface area contributed by atoms with Crippen molar-refractivity contribution in [3.8, 4) is 0 Å². The van der Waals surface area contributed by atoms with Gasteiger partial charge in [-0.3, -0.25) is 4.90 Å². The minimum absolute atomic E-state index is 0.896. The number of fused-ring (bicyclic) bond motifs is 2. The molecule has 3 heteroatoms. The van der Waals surface area contributed by atoms with Crippen molar-refractivity contribution in [3.63, 3.8) is 0 Å². The van der Waals surface area contributed by atoms with Gasteiger partial charge in [0.25, 0.3) is 0 Å². The highest BCUT2D eigenvalue weighted by Gasteiger charge is 2.38. The number of aromatic nitrogens is 1. The van der Waals surface area contributed by atoms with Crippen molar-refractivity contribution in [2.75, 3.05) is 33.2 Å². The lowest BCUT2D eigenvalue weighted by atomic mass is 10.0. The van der Waals surface area contributed by atoms with Crippen molar-refractivity contribution in [2.24, 2.45) is 11.8 Å². The second kappa shape index (κ2) is 4.36. The summed E-state index contributed by atoms with van der Waals surface area (Å²) in [6.07, 6.45) is 2.04. The summed E-state index contributed by atoms with van der Waals surface area (Å²) in [4.78, 5) is 8.51. The van der Waals surface area contributed by atoms with Crippen molar-refractivity contribution in [1.82, 2.24) is 14.8 Å². The summed E-state index contributed by atoms with van der Waals surface area (Å²) in [5.41, 5.74) is 2.76. The summed E-state index contributed by atoms with van der Waals surface area (Å²) in [6.45, 7) is 6.20. The number of aromatic amines is 1. The van der Waals surface area contributed by atoms with Crippen molar-refractivity contribution < 1.29 is 0 Å². The van der Waals surface area contributed by atoms with Gasteiger partial charge in [-0.1, -0.05) is 18.2 Å². The van der Waals surface area contributed by atoms with E-state index in [1.165, 1.54) is 42.6 Å². The van der Waals surface area contributed by atoms with E-state index in [9.17, 15) is 0 Å². The van der Waals surface area contributed by atoms with Crippen LogP contribution in [0.1, 0.15) is 5.56 Å². The Hall–Kier alpha value is -1.32. The van der Waals surface area contributed by atoms with E-state index in [1.54, 1.807) is 0 Å². The largest absolute Gasteiger partial charge is 0.361 e.